The number of H-pyrrole nitrogens is 1. The summed E-state index contributed by atoms with van der Waals surface area (Å²) in [5.74, 6) is 1.20. The van der Waals surface area contributed by atoms with Gasteiger partial charge < -0.3 is 16.0 Å². The van der Waals surface area contributed by atoms with E-state index in [1.807, 2.05) is 12.4 Å². The molecular weight excluding hydrogens is 386 g/mol. The van der Waals surface area contributed by atoms with E-state index in [1.54, 1.807) is 0 Å². The zero-order chi connectivity index (χ0) is 21.6. The minimum Gasteiger partial charge on any atom is -0.383 e. The van der Waals surface area contributed by atoms with Gasteiger partial charge in [0.05, 0.1) is 28.8 Å². The van der Waals surface area contributed by atoms with Crippen LogP contribution in [-0.4, -0.2) is 37.8 Å². The molecule has 7 nitrogen and oxygen atoms in total. The molecule has 31 heavy (non-hydrogen) atoms. The number of nitrogen functional groups attached to an aromatic ring is 1. The predicted octanol–water partition coefficient (Wildman–Crippen LogP) is 4.29. The van der Waals surface area contributed by atoms with E-state index in [0.717, 1.165) is 59.5 Å². The first-order valence-corrected chi connectivity index (χ1v) is 10.9. The van der Waals surface area contributed by atoms with Crippen LogP contribution < -0.4 is 11.1 Å². The van der Waals surface area contributed by atoms with E-state index >= 15 is 0 Å². The smallest absolute Gasteiger partial charge is 0.142 e. The molecule has 0 saturated carbocycles. The monoisotopic (exact) mass is 415 g/mol. The summed E-state index contributed by atoms with van der Waals surface area (Å²) < 4.78 is 2.08. The largest absolute Gasteiger partial charge is 0.383 e. The molecule has 0 radical (unpaired) electrons. The van der Waals surface area contributed by atoms with Crippen LogP contribution in [0, 0.1) is 0 Å². The van der Waals surface area contributed by atoms with Crippen LogP contribution in [0.15, 0.2) is 42.9 Å². The number of aromatic amines is 1. The van der Waals surface area contributed by atoms with Gasteiger partial charge in [0.1, 0.15) is 11.6 Å². The second-order valence-electron chi connectivity index (χ2n) is 9.41. The Morgan fingerprint density at radius 1 is 1.06 bits per heavy atom. The number of fused-ring (bicyclic) bond motifs is 1. The summed E-state index contributed by atoms with van der Waals surface area (Å²) >= 11 is 0. The molecular formula is C24H29N7. The minimum atomic E-state index is 0.0779. The average Bonchev–Trinajstić information content (AvgIpc) is 3.41. The van der Waals surface area contributed by atoms with E-state index in [2.05, 4.69) is 76.3 Å². The zero-order valence-electron chi connectivity index (χ0n) is 18.3. The first-order chi connectivity index (χ1) is 14.9. The summed E-state index contributed by atoms with van der Waals surface area (Å²) in [6.45, 7) is 8.70. The lowest BCUT2D eigenvalue weighted by Gasteiger charge is -2.22. The number of rotatable bonds is 3. The van der Waals surface area contributed by atoms with Crippen molar-refractivity contribution in [2.45, 2.75) is 45.1 Å². The number of hydrogen-bond acceptors (Lipinski definition) is 5. The van der Waals surface area contributed by atoms with Gasteiger partial charge in [0.2, 0.25) is 0 Å². The number of hydrogen-bond donors (Lipinski definition) is 3. The number of imidazole rings is 1. The van der Waals surface area contributed by atoms with Gasteiger partial charge in [0.25, 0.3) is 0 Å². The van der Waals surface area contributed by atoms with E-state index < -0.39 is 0 Å². The topological polar surface area (TPSA) is 97.4 Å². The first kappa shape index (κ1) is 19.8. The first-order valence-electron chi connectivity index (χ1n) is 10.9. The molecule has 1 saturated heterocycles. The van der Waals surface area contributed by atoms with E-state index in [0.29, 0.717) is 11.9 Å². The third-order valence-corrected chi connectivity index (χ3v) is 6.14. The van der Waals surface area contributed by atoms with E-state index in [9.17, 15) is 0 Å². The highest BCUT2D eigenvalue weighted by Gasteiger charge is 2.18. The molecule has 4 heterocycles. The van der Waals surface area contributed by atoms with Gasteiger partial charge in [-0.2, -0.15) is 5.10 Å². The van der Waals surface area contributed by atoms with Crippen LogP contribution in [0.25, 0.3) is 33.5 Å². The Morgan fingerprint density at radius 2 is 1.87 bits per heavy atom. The molecule has 0 unspecified atom stereocenters. The van der Waals surface area contributed by atoms with Crippen LogP contribution in [-0.2, 0) is 5.41 Å². The molecule has 0 amide bonds. The molecule has 0 atom stereocenters. The summed E-state index contributed by atoms with van der Waals surface area (Å²) in [7, 11) is 0. The molecule has 3 aromatic heterocycles. The molecule has 1 aromatic carbocycles. The lowest BCUT2D eigenvalue weighted by atomic mass is 9.87. The second kappa shape index (κ2) is 7.50. The molecule has 4 N–H and O–H groups in total. The molecule has 4 aromatic rings. The lowest BCUT2D eigenvalue weighted by Crippen LogP contribution is -2.29. The Balaban J connectivity index is 1.50. The highest BCUT2D eigenvalue weighted by Crippen LogP contribution is 2.31. The Morgan fingerprint density at radius 3 is 2.65 bits per heavy atom. The standard InChI is InChI=1S/C24H29N7/c1-24(2,3)17-4-5-20-21(11-17)30-23(29-20)19-10-15(12-27-22(19)25)16-13-28-31(14-16)18-6-8-26-9-7-18/h4-5,10-14,18,26H,6-9H2,1-3H3,(H2,25,27)(H,29,30). The number of anilines is 1. The molecule has 0 aliphatic carbocycles. The number of pyridine rings is 1. The third kappa shape index (κ3) is 3.81. The van der Waals surface area contributed by atoms with Crippen LogP contribution in [0.5, 0.6) is 0 Å². The van der Waals surface area contributed by atoms with Crippen molar-refractivity contribution in [1.82, 2.24) is 30.0 Å². The number of benzene rings is 1. The Labute approximate surface area is 182 Å². The molecule has 0 spiro atoms. The fraction of sp³-hybridized carbons (Fsp3) is 0.375. The summed E-state index contributed by atoms with van der Waals surface area (Å²) in [6, 6.07) is 8.87. The maximum Gasteiger partial charge on any atom is 0.142 e. The van der Waals surface area contributed by atoms with E-state index in [-0.39, 0.29) is 5.41 Å². The molecule has 0 bridgehead atoms. The molecule has 1 aliphatic heterocycles. The van der Waals surface area contributed by atoms with Gasteiger partial charge in [-0.25, -0.2) is 9.97 Å². The number of aromatic nitrogens is 5. The van der Waals surface area contributed by atoms with Crippen molar-refractivity contribution in [3.05, 3.63) is 48.4 Å². The van der Waals surface area contributed by atoms with Gasteiger partial charge in [-0.15, -0.1) is 0 Å². The quantitative estimate of drug-likeness (QED) is 0.464. The normalized spacial score (nSPS) is 15.6. The molecule has 7 heteroatoms. The van der Waals surface area contributed by atoms with Crippen molar-refractivity contribution < 1.29 is 0 Å². The van der Waals surface area contributed by atoms with Crippen LogP contribution in [0.3, 0.4) is 0 Å². The van der Waals surface area contributed by atoms with Crippen molar-refractivity contribution in [1.29, 1.82) is 0 Å². The summed E-state index contributed by atoms with van der Waals surface area (Å²) in [6.07, 6.45) is 8.03. The maximum absolute atomic E-state index is 6.24. The summed E-state index contributed by atoms with van der Waals surface area (Å²) in [4.78, 5) is 12.7. The number of nitrogens with zero attached hydrogens (tertiary/aromatic N) is 4. The van der Waals surface area contributed by atoms with Crippen LogP contribution >= 0.6 is 0 Å². The fourth-order valence-corrected chi connectivity index (χ4v) is 4.18. The van der Waals surface area contributed by atoms with Crippen molar-refractivity contribution >= 4 is 16.9 Å². The lowest BCUT2D eigenvalue weighted by molar-refractivity contribution is 0.343. The highest BCUT2D eigenvalue weighted by molar-refractivity contribution is 5.84. The van der Waals surface area contributed by atoms with E-state index in [4.69, 9.17) is 10.7 Å². The van der Waals surface area contributed by atoms with Gasteiger partial charge >= 0.3 is 0 Å². The van der Waals surface area contributed by atoms with Gasteiger partial charge in [0.15, 0.2) is 0 Å². The fourth-order valence-electron chi connectivity index (χ4n) is 4.18. The maximum atomic E-state index is 6.24. The third-order valence-electron chi connectivity index (χ3n) is 6.14. The SMILES string of the molecule is CC(C)(C)c1ccc2nc(-c3cc(-c4cnn(C5CCNCC5)c4)cnc3N)[nH]c2c1. The highest BCUT2D eigenvalue weighted by atomic mass is 15.3. The van der Waals surface area contributed by atoms with Crippen LogP contribution in [0.4, 0.5) is 5.82 Å². The van der Waals surface area contributed by atoms with Crippen LogP contribution in [0.1, 0.15) is 45.2 Å². The molecule has 1 aliphatic rings. The van der Waals surface area contributed by atoms with Crippen LogP contribution in [0.2, 0.25) is 0 Å². The van der Waals surface area contributed by atoms with Gasteiger partial charge in [-0.1, -0.05) is 26.8 Å². The molecule has 1 fully saturated rings. The summed E-state index contributed by atoms with van der Waals surface area (Å²) in [5.41, 5.74) is 12.3. The van der Waals surface area contributed by atoms with Crippen molar-refractivity contribution in [2.24, 2.45) is 0 Å². The average molecular weight is 416 g/mol. The van der Waals surface area contributed by atoms with Crippen molar-refractivity contribution in [3.63, 3.8) is 0 Å². The number of nitrogens with two attached hydrogens (primary N) is 1. The number of nitrogens with one attached hydrogen (secondary N) is 2. The van der Waals surface area contributed by atoms with Gasteiger partial charge in [-0.3, -0.25) is 4.68 Å². The molecule has 5 rings (SSSR count). The summed E-state index contributed by atoms with van der Waals surface area (Å²) in [5, 5.41) is 8.02. The van der Waals surface area contributed by atoms with Crippen molar-refractivity contribution in [3.8, 4) is 22.5 Å². The van der Waals surface area contributed by atoms with E-state index in [1.165, 1.54) is 5.56 Å². The van der Waals surface area contributed by atoms with Gasteiger partial charge in [-0.05, 0) is 55.1 Å². The van der Waals surface area contributed by atoms with Crippen molar-refractivity contribution in [2.75, 3.05) is 18.8 Å². The molecule has 160 valence electrons. The Bertz CT molecular complexity index is 1220. The number of piperidine rings is 1. The van der Waals surface area contributed by atoms with Gasteiger partial charge in [0, 0.05) is 23.5 Å². The Kier molecular flexibility index (Phi) is 4.78. The zero-order valence-corrected chi connectivity index (χ0v) is 18.3. The second-order valence-corrected chi connectivity index (χ2v) is 9.41. The predicted molar refractivity (Wildman–Crippen MR) is 125 cm³/mol. The Hall–Kier alpha value is -3.19. The minimum absolute atomic E-state index is 0.0779.